The van der Waals surface area contributed by atoms with Gasteiger partial charge in [-0.2, -0.15) is 11.8 Å². The fourth-order valence-electron chi connectivity index (χ4n) is 2.86. The van der Waals surface area contributed by atoms with Crippen LogP contribution in [-0.2, 0) is 14.6 Å². The van der Waals surface area contributed by atoms with E-state index in [1.165, 1.54) is 0 Å². The SMILES string of the molecule is CCCS(=O)(=O)CC(=O)N1CCSC(C)C1c1ccccc1. The Hall–Kier alpha value is -1.01. The van der Waals surface area contributed by atoms with Gasteiger partial charge in [-0.15, -0.1) is 0 Å². The van der Waals surface area contributed by atoms with Crippen molar-refractivity contribution in [2.45, 2.75) is 31.6 Å². The number of rotatable bonds is 5. The Morgan fingerprint density at radius 2 is 2.00 bits per heavy atom. The molecule has 1 amide bonds. The summed E-state index contributed by atoms with van der Waals surface area (Å²) in [5.41, 5.74) is 1.07. The molecule has 122 valence electrons. The molecule has 1 aromatic carbocycles. The molecule has 1 aromatic rings. The summed E-state index contributed by atoms with van der Waals surface area (Å²) in [6.45, 7) is 4.52. The Kier molecular flexibility index (Phi) is 5.92. The first-order valence-electron chi connectivity index (χ1n) is 7.61. The summed E-state index contributed by atoms with van der Waals surface area (Å²) < 4.78 is 23.9. The minimum atomic E-state index is -3.30. The largest absolute Gasteiger partial charge is 0.333 e. The third-order valence-corrected chi connectivity index (χ3v) is 6.73. The first-order chi connectivity index (χ1) is 10.4. The van der Waals surface area contributed by atoms with Gasteiger partial charge in [0.1, 0.15) is 5.75 Å². The van der Waals surface area contributed by atoms with E-state index in [2.05, 4.69) is 6.92 Å². The van der Waals surface area contributed by atoms with E-state index < -0.39 is 9.84 Å². The standard InChI is InChI=1S/C16H23NO3S2/c1-3-11-22(19,20)12-15(18)17-9-10-21-13(2)16(17)14-7-5-4-6-8-14/h4-8,13,16H,3,9-12H2,1-2H3. The molecule has 4 nitrogen and oxygen atoms in total. The molecule has 1 heterocycles. The summed E-state index contributed by atoms with van der Waals surface area (Å²) in [4.78, 5) is 14.3. The molecule has 6 heteroatoms. The average Bonchev–Trinajstić information content (AvgIpc) is 2.47. The predicted octanol–water partition coefficient (Wildman–Crippen LogP) is 2.52. The molecule has 0 bridgehead atoms. The Morgan fingerprint density at radius 3 is 2.64 bits per heavy atom. The first-order valence-corrected chi connectivity index (χ1v) is 10.5. The van der Waals surface area contributed by atoms with Crippen molar-refractivity contribution < 1.29 is 13.2 Å². The number of sulfone groups is 1. The van der Waals surface area contributed by atoms with Crippen LogP contribution in [0, 0.1) is 0 Å². The molecule has 1 saturated heterocycles. The first kappa shape index (κ1) is 17.3. The maximum atomic E-state index is 12.6. The summed E-state index contributed by atoms with van der Waals surface area (Å²) in [6.07, 6.45) is 0.546. The van der Waals surface area contributed by atoms with E-state index in [-0.39, 0.29) is 28.7 Å². The monoisotopic (exact) mass is 341 g/mol. The Labute approximate surface area is 137 Å². The van der Waals surface area contributed by atoms with Crippen molar-refractivity contribution in [1.29, 1.82) is 0 Å². The van der Waals surface area contributed by atoms with Gasteiger partial charge < -0.3 is 4.90 Å². The zero-order chi connectivity index (χ0) is 16.2. The molecule has 0 aromatic heterocycles. The highest BCUT2D eigenvalue weighted by Gasteiger charge is 2.34. The maximum Gasteiger partial charge on any atom is 0.238 e. The number of carbonyl (C=O) groups is 1. The summed E-state index contributed by atoms with van der Waals surface area (Å²) in [5.74, 6) is 0.285. The van der Waals surface area contributed by atoms with E-state index in [1.807, 2.05) is 49.0 Å². The molecule has 2 unspecified atom stereocenters. The number of hydrogen-bond donors (Lipinski definition) is 0. The summed E-state index contributed by atoms with van der Waals surface area (Å²) in [7, 11) is -3.30. The number of benzene rings is 1. The van der Waals surface area contributed by atoms with Gasteiger partial charge in [-0.1, -0.05) is 44.2 Å². The lowest BCUT2D eigenvalue weighted by molar-refractivity contribution is -0.130. The van der Waals surface area contributed by atoms with Gasteiger partial charge >= 0.3 is 0 Å². The molecule has 0 spiro atoms. The number of carbonyl (C=O) groups excluding carboxylic acids is 1. The molecule has 1 aliphatic rings. The number of amides is 1. The third-order valence-electron chi connectivity index (χ3n) is 3.81. The van der Waals surface area contributed by atoms with Crippen LogP contribution < -0.4 is 0 Å². The van der Waals surface area contributed by atoms with Crippen molar-refractivity contribution in [3.8, 4) is 0 Å². The molecule has 22 heavy (non-hydrogen) atoms. The Morgan fingerprint density at radius 1 is 1.32 bits per heavy atom. The van der Waals surface area contributed by atoms with Crippen LogP contribution in [0.3, 0.4) is 0 Å². The van der Waals surface area contributed by atoms with Crippen LogP contribution in [0.5, 0.6) is 0 Å². The second-order valence-corrected chi connectivity index (χ2v) is 9.28. The van der Waals surface area contributed by atoms with Crippen LogP contribution in [0.15, 0.2) is 30.3 Å². The van der Waals surface area contributed by atoms with Crippen molar-refractivity contribution in [2.75, 3.05) is 23.8 Å². The second kappa shape index (κ2) is 7.51. The summed E-state index contributed by atoms with van der Waals surface area (Å²) in [5, 5.41) is 0.258. The smallest absolute Gasteiger partial charge is 0.238 e. The zero-order valence-corrected chi connectivity index (χ0v) is 14.7. The van der Waals surface area contributed by atoms with Crippen LogP contribution in [0.1, 0.15) is 31.9 Å². The fraction of sp³-hybridized carbons (Fsp3) is 0.562. The minimum Gasteiger partial charge on any atom is -0.333 e. The normalized spacial score (nSPS) is 22.5. The zero-order valence-electron chi connectivity index (χ0n) is 13.1. The van der Waals surface area contributed by atoms with Gasteiger partial charge in [-0.25, -0.2) is 8.42 Å². The molecule has 1 fully saturated rings. The molecule has 2 atom stereocenters. The average molecular weight is 341 g/mol. The Bertz CT molecular complexity index is 601. The van der Waals surface area contributed by atoms with Gasteiger partial charge in [0.25, 0.3) is 0 Å². The molecule has 2 rings (SSSR count). The molecular formula is C16H23NO3S2. The fourth-order valence-corrected chi connectivity index (χ4v) is 5.32. The highest BCUT2D eigenvalue weighted by atomic mass is 32.2. The Balaban J connectivity index is 2.21. The van der Waals surface area contributed by atoms with Crippen LogP contribution in [0.2, 0.25) is 0 Å². The van der Waals surface area contributed by atoms with Gasteiger partial charge in [-0.3, -0.25) is 4.79 Å². The maximum absolute atomic E-state index is 12.6. The third kappa shape index (κ3) is 4.26. The highest BCUT2D eigenvalue weighted by Crippen LogP contribution is 2.36. The van der Waals surface area contributed by atoms with E-state index in [9.17, 15) is 13.2 Å². The lowest BCUT2D eigenvalue weighted by Gasteiger charge is -2.40. The molecule has 0 saturated carbocycles. The molecule has 0 aliphatic carbocycles. The molecule has 0 radical (unpaired) electrons. The minimum absolute atomic E-state index is 0.0516. The van der Waals surface area contributed by atoms with Crippen molar-refractivity contribution in [2.24, 2.45) is 0 Å². The van der Waals surface area contributed by atoms with Gasteiger partial charge in [0.15, 0.2) is 9.84 Å². The summed E-state index contributed by atoms with van der Waals surface area (Å²) in [6, 6.07) is 9.82. The highest BCUT2D eigenvalue weighted by molar-refractivity contribution is 8.00. The van der Waals surface area contributed by atoms with E-state index >= 15 is 0 Å². The van der Waals surface area contributed by atoms with Crippen molar-refractivity contribution in [3.05, 3.63) is 35.9 Å². The van der Waals surface area contributed by atoms with E-state index in [4.69, 9.17) is 0 Å². The van der Waals surface area contributed by atoms with E-state index in [1.54, 1.807) is 4.90 Å². The van der Waals surface area contributed by atoms with E-state index in [0.29, 0.717) is 13.0 Å². The van der Waals surface area contributed by atoms with Crippen LogP contribution in [0.4, 0.5) is 0 Å². The van der Waals surface area contributed by atoms with Crippen molar-refractivity contribution in [1.82, 2.24) is 4.90 Å². The molecular weight excluding hydrogens is 318 g/mol. The lowest BCUT2D eigenvalue weighted by Crippen LogP contribution is -2.46. The number of thioether (sulfide) groups is 1. The topological polar surface area (TPSA) is 54.5 Å². The quantitative estimate of drug-likeness (QED) is 0.826. The number of nitrogens with zero attached hydrogens (tertiary/aromatic N) is 1. The second-order valence-electron chi connectivity index (χ2n) is 5.61. The van der Waals surface area contributed by atoms with Crippen molar-refractivity contribution in [3.63, 3.8) is 0 Å². The predicted molar refractivity (Wildman–Crippen MR) is 91.8 cm³/mol. The van der Waals surface area contributed by atoms with Gasteiger partial charge in [-0.05, 0) is 12.0 Å². The van der Waals surface area contributed by atoms with Crippen LogP contribution >= 0.6 is 11.8 Å². The summed E-state index contributed by atoms with van der Waals surface area (Å²) >= 11 is 1.83. The lowest BCUT2D eigenvalue weighted by atomic mass is 10.0. The van der Waals surface area contributed by atoms with Crippen molar-refractivity contribution >= 4 is 27.5 Å². The van der Waals surface area contributed by atoms with Gasteiger partial charge in [0.2, 0.25) is 5.91 Å². The van der Waals surface area contributed by atoms with Gasteiger partial charge in [0, 0.05) is 17.5 Å². The molecule has 0 N–H and O–H groups in total. The van der Waals surface area contributed by atoms with Crippen LogP contribution in [-0.4, -0.2) is 48.3 Å². The van der Waals surface area contributed by atoms with E-state index in [0.717, 1.165) is 11.3 Å². The number of hydrogen-bond acceptors (Lipinski definition) is 4. The van der Waals surface area contributed by atoms with Gasteiger partial charge in [0.05, 0.1) is 11.8 Å². The van der Waals surface area contributed by atoms with Crippen LogP contribution in [0.25, 0.3) is 0 Å². The molecule has 1 aliphatic heterocycles.